The lowest BCUT2D eigenvalue weighted by atomic mass is 10.4. The molecule has 0 aromatic carbocycles. The van der Waals surface area contributed by atoms with Crippen molar-refractivity contribution in [2.45, 2.75) is 6.54 Å². The minimum atomic E-state index is 0.399. The summed E-state index contributed by atoms with van der Waals surface area (Å²) >= 11 is 1.65. The first-order chi connectivity index (χ1) is 7.38. The zero-order valence-corrected chi connectivity index (χ0v) is 8.87. The number of nitrogens with two attached hydrogens (primary N) is 1. The van der Waals surface area contributed by atoms with Crippen LogP contribution in [-0.4, -0.2) is 21.3 Å². The summed E-state index contributed by atoms with van der Waals surface area (Å²) in [6.07, 6.45) is 3.23. The molecular formula is C10H10N4S. The van der Waals surface area contributed by atoms with Crippen LogP contribution in [0.1, 0.15) is 9.75 Å². The molecule has 2 N–H and O–H groups in total. The number of thiophene rings is 1. The minimum absolute atomic E-state index is 0.399. The maximum Gasteiger partial charge on any atom is 0.137 e. The molecule has 0 radical (unpaired) electrons. The smallest absolute Gasteiger partial charge is 0.137 e. The summed E-state index contributed by atoms with van der Waals surface area (Å²) in [5.41, 5.74) is 5.30. The van der Waals surface area contributed by atoms with Crippen LogP contribution in [0.5, 0.6) is 0 Å². The molecule has 0 aliphatic heterocycles. The highest BCUT2D eigenvalue weighted by atomic mass is 32.1. The van der Waals surface area contributed by atoms with Crippen LogP contribution in [0.15, 0.2) is 24.8 Å². The van der Waals surface area contributed by atoms with E-state index in [-0.39, 0.29) is 0 Å². The van der Waals surface area contributed by atoms with E-state index in [0.29, 0.717) is 6.54 Å². The van der Waals surface area contributed by atoms with E-state index in [1.807, 2.05) is 12.1 Å². The second-order valence-electron chi connectivity index (χ2n) is 2.86. The van der Waals surface area contributed by atoms with Crippen LogP contribution in [-0.2, 0) is 6.54 Å². The molecule has 0 saturated heterocycles. The number of aromatic nitrogens is 3. The van der Waals surface area contributed by atoms with E-state index in [4.69, 9.17) is 5.73 Å². The first-order valence-corrected chi connectivity index (χ1v) is 5.30. The first kappa shape index (κ1) is 9.90. The maximum atomic E-state index is 5.30. The highest BCUT2D eigenvalue weighted by Crippen LogP contribution is 2.15. The summed E-state index contributed by atoms with van der Waals surface area (Å²) in [6, 6.07) is 4.05. The zero-order chi connectivity index (χ0) is 10.5. The zero-order valence-electron chi connectivity index (χ0n) is 8.05. The van der Waals surface area contributed by atoms with Crippen molar-refractivity contribution in [3.8, 4) is 11.8 Å². The van der Waals surface area contributed by atoms with Crippen LogP contribution in [0.4, 0.5) is 0 Å². The normalized spacial score (nSPS) is 9.67. The molecule has 15 heavy (non-hydrogen) atoms. The van der Waals surface area contributed by atoms with E-state index in [1.54, 1.807) is 22.3 Å². The molecule has 0 bridgehead atoms. The van der Waals surface area contributed by atoms with Crippen molar-refractivity contribution in [3.63, 3.8) is 0 Å². The molecule has 2 rings (SSSR count). The third-order valence-electron chi connectivity index (χ3n) is 1.76. The Morgan fingerprint density at radius 3 is 3.13 bits per heavy atom. The third kappa shape index (κ3) is 2.65. The van der Waals surface area contributed by atoms with E-state index < -0.39 is 0 Å². The first-order valence-electron chi connectivity index (χ1n) is 4.48. The molecule has 5 heteroatoms. The van der Waals surface area contributed by atoms with Gasteiger partial charge in [0.25, 0.3) is 0 Å². The Labute approximate surface area is 91.8 Å². The fraction of sp³-hybridized carbons (Fsp3) is 0.200. The molecule has 4 nitrogen and oxygen atoms in total. The number of rotatable bonds is 2. The Balaban J connectivity index is 2.07. The number of hydrogen-bond donors (Lipinski definition) is 1. The number of hydrogen-bond acceptors (Lipinski definition) is 4. The highest BCUT2D eigenvalue weighted by Gasteiger charge is 1.99. The molecule has 0 unspecified atom stereocenters. The van der Waals surface area contributed by atoms with Gasteiger partial charge in [-0.05, 0) is 12.1 Å². The maximum absolute atomic E-state index is 5.30. The van der Waals surface area contributed by atoms with E-state index in [1.165, 1.54) is 11.2 Å². The molecule has 0 aliphatic rings. The average molecular weight is 218 g/mol. The van der Waals surface area contributed by atoms with Gasteiger partial charge in [0.05, 0.1) is 18.0 Å². The Hall–Kier alpha value is -1.64. The van der Waals surface area contributed by atoms with Crippen LogP contribution >= 0.6 is 11.3 Å². The van der Waals surface area contributed by atoms with E-state index >= 15 is 0 Å². The van der Waals surface area contributed by atoms with Crippen molar-refractivity contribution < 1.29 is 0 Å². The Morgan fingerprint density at radius 1 is 1.47 bits per heavy atom. The Bertz CT molecular complexity index is 475. The largest absolute Gasteiger partial charge is 0.320 e. The Kier molecular flexibility index (Phi) is 3.12. The fourth-order valence-corrected chi connectivity index (χ4v) is 2.02. The molecule has 0 fully saturated rings. The van der Waals surface area contributed by atoms with Crippen molar-refractivity contribution in [2.24, 2.45) is 5.73 Å². The van der Waals surface area contributed by atoms with Gasteiger partial charge in [0.1, 0.15) is 12.7 Å². The molecule has 0 amide bonds. The lowest BCUT2D eigenvalue weighted by Gasteiger charge is -1.94. The standard InChI is InChI=1S/C10H10N4S/c11-5-1-2-9-3-4-10(15-9)6-14-8-12-7-13-14/h3-4,7-8H,5-6,11H2. The molecule has 2 aromatic rings. The van der Waals surface area contributed by atoms with Crippen molar-refractivity contribution in [2.75, 3.05) is 6.54 Å². The molecule has 0 saturated carbocycles. The molecule has 0 spiro atoms. The summed E-state index contributed by atoms with van der Waals surface area (Å²) in [4.78, 5) is 6.13. The van der Waals surface area contributed by atoms with Crippen LogP contribution in [0.25, 0.3) is 0 Å². The number of nitrogens with zero attached hydrogens (tertiary/aromatic N) is 3. The van der Waals surface area contributed by atoms with Gasteiger partial charge in [0.2, 0.25) is 0 Å². The average Bonchev–Trinajstić information content (AvgIpc) is 2.87. The second-order valence-corrected chi connectivity index (χ2v) is 4.03. The van der Waals surface area contributed by atoms with E-state index in [0.717, 1.165) is 11.4 Å². The van der Waals surface area contributed by atoms with Gasteiger partial charge in [0, 0.05) is 4.88 Å². The summed E-state index contributed by atoms with van der Waals surface area (Å²) in [5, 5.41) is 4.04. The van der Waals surface area contributed by atoms with Gasteiger partial charge in [-0.2, -0.15) is 5.10 Å². The van der Waals surface area contributed by atoms with Crippen molar-refractivity contribution >= 4 is 11.3 Å². The van der Waals surface area contributed by atoms with Crippen molar-refractivity contribution in [3.05, 3.63) is 34.5 Å². The van der Waals surface area contributed by atoms with Crippen LogP contribution < -0.4 is 5.73 Å². The Morgan fingerprint density at radius 2 is 2.40 bits per heavy atom. The monoisotopic (exact) mass is 218 g/mol. The van der Waals surface area contributed by atoms with Gasteiger partial charge in [-0.25, -0.2) is 9.67 Å². The van der Waals surface area contributed by atoms with Crippen LogP contribution in [0.2, 0.25) is 0 Å². The van der Waals surface area contributed by atoms with Gasteiger partial charge < -0.3 is 5.73 Å². The lowest BCUT2D eigenvalue weighted by molar-refractivity contribution is 0.693. The lowest BCUT2D eigenvalue weighted by Crippen LogP contribution is -1.97. The SMILES string of the molecule is NCC#Cc1ccc(Cn2cncn2)s1. The van der Waals surface area contributed by atoms with Crippen LogP contribution in [0.3, 0.4) is 0 Å². The third-order valence-corrected chi connectivity index (χ3v) is 2.75. The van der Waals surface area contributed by atoms with Crippen molar-refractivity contribution in [1.29, 1.82) is 0 Å². The molecular weight excluding hydrogens is 208 g/mol. The van der Waals surface area contributed by atoms with Crippen LogP contribution in [0, 0.1) is 11.8 Å². The van der Waals surface area contributed by atoms with E-state index in [2.05, 4.69) is 21.9 Å². The fourth-order valence-electron chi connectivity index (χ4n) is 1.14. The van der Waals surface area contributed by atoms with Gasteiger partial charge >= 0.3 is 0 Å². The predicted octanol–water partition coefficient (Wildman–Crippen LogP) is 0.698. The molecule has 0 atom stereocenters. The van der Waals surface area contributed by atoms with Gasteiger partial charge in [-0.15, -0.1) is 11.3 Å². The van der Waals surface area contributed by atoms with Gasteiger partial charge in [0.15, 0.2) is 0 Å². The van der Waals surface area contributed by atoms with Gasteiger partial charge in [-0.3, -0.25) is 0 Å². The minimum Gasteiger partial charge on any atom is -0.320 e. The molecule has 76 valence electrons. The highest BCUT2D eigenvalue weighted by molar-refractivity contribution is 7.12. The quantitative estimate of drug-likeness (QED) is 0.755. The van der Waals surface area contributed by atoms with E-state index in [9.17, 15) is 0 Å². The van der Waals surface area contributed by atoms with Crippen molar-refractivity contribution in [1.82, 2.24) is 14.8 Å². The topological polar surface area (TPSA) is 56.7 Å². The molecule has 2 aromatic heterocycles. The molecule has 2 heterocycles. The second kappa shape index (κ2) is 4.73. The van der Waals surface area contributed by atoms with Gasteiger partial charge in [-0.1, -0.05) is 11.8 Å². The summed E-state index contributed by atoms with van der Waals surface area (Å²) in [5.74, 6) is 5.83. The molecule has 0 aliphatic carbocycles. The summed E-state index contributed by atoms with van der Waals surface area (Å²) < 4.78 is 1.78. The predicted molar refractivity (Wildman–Crippen MR) is 59.4 cm³/mol. The summed E-state index contributed by atoms with van der Waals surface area (Å²) in [7, 11) is 0. The summed E-state index contributed by atoms with van der Waals surface area (Å²) in [6.45, 7) is 1.14.